The molecule has 7 nitrogen and oxygen atoms in total. The van der Waals surface area contributed by atoms with Crippen LogP contribution in [0.1, 0.15) is 40.5 Å². The molecule has 2 fully saturated rings. The van der Waals surface area contributed by atoms with Gasteiger partial charge in [0, 0.05) is 36.8 Å². The number of anilines is 1. The topological polar surface area (TPSA) is 76.2 Å². The van der Waals surface area contributed by atoms with Crippen molar-refractivity contribution < 1.29 is 28.2 Å². The smallest absolute Gasteiger partial charge is 0.254 e. The molecule has 168 valence electrons. The fraction of sp³-hybridized carbons (Fsp3) is 0.375. The maximum atomic E-state index is 14.0. The maximum absolute atomic E-state index is 14.0. The summed E-state index contributed by atoms with van der Waals surface area (Å²) in [5.74, 6) is -0.689. The van der Waals surface area contributed by atoms with Crippen LogP contribution < -0.4 is 9.64 Å². The molecule has 1 atom stereocenters. The molecule has 2 aromatic rings. The predicted octanol–water partition coefficient (Wildman–Crippen LogP) is 3.08. The molecule has 32 heavy (non-hydrogen) atoms. The van der Waals surface area contributed by atoms with Crippen LogP contribution in [0.4, 0.5) is 10.1 Å². The van der Waals surface area contributed by atoms with Crippen molar-refractivity contribution in [1.29, 1.82) is 0 Å². The second kappa shape index (κ2) is 9.48. The first kappa shape index (κ1) is 22.0. The Kier molecular flexibility index (Phi) is 6.50. The lowest BCUT2D eigenvalue weighted by atomic mass is 10.1. The number of ketones is 1. The molecule has 0 radical (unpaired) electrons. The monoisotopic (exact) mass is 440 g/mol. The van der Waals surface area contributed by atoms with Crippen molar-refractivity contribution in [3.05, 3.63) is 59.4 Å². The van der Waals surface area contributed by atoms with Crippen LogP contribution in [0.5, 0.6) is 5.75 Å². The van der Waals surface area contributed by atoms with Crippen LogP contribution in [0.2, 0.25) is 0 Å². The third kappa shape index (κ3) is 4.80. The third-order valence-electron chi connectivity index (χ3n) is 5.68. The van der Waals surface area contributed by atoms with Crippen molar-refractivity contribution >= 4 is 23.3 Å². The van der Waals surface area contributed by atoms with Crippen LogP contribution in [-0.4, -0.2) is 61.4 Å². The molecular formula is C24H25FN2O5. The molecule has 0 N–H and O–H groups in total. The minimum Gasteiger partial charge on any atom is -0.491 e. The van der Waals surface area contributed by atoms with E-state index in [1.807, 2.05) is 0 Å². The highest BCUT2D eigenvalue weighted by molar-refractivity contribution is 5.97. The lowest BCUT2D eigenvalue weighted by Crippen LogP contribution is -2.47. The number of Topliss-reactive ketones (excluding diaryl/α,β-unsaturated/α-hetero) is 1. The van der Waals surface area contributed by atoms with E-state index in [0.29, 0.717) is 44.0 Å². The first-order chi connectivity index (χ1) is 15.4. The molecule has 0 saturated carbocycles. The number of benzene rings is 2. The number of rotatable bonds is 6. The first-order valence-corrected chi connectivity index (χ1v) is 10.7. The molecule has 2 amide bonds. The molecule has 2 heterocycles. The Hall–Kier alpha value is -3.26. The highest BCUT2D eigenvalue weighted by Crippen LogP contribution is 2.23. The first-order valence-electron chi connectivity index (χ1n) is 10.7. The van der Waals surface area contributed by atoms with Crippen molar-refractivity contribution in [3.8, 4) is 5.75 Å². The average molecular weight is 440 g/mol. The third-order valence-corrected chi connectivity index (χ3v) is 5.68. The van der Waals surface area contributed by atoms with Gasteiger partial charge in [0.1, 0.15) is 24.3 Å². The molecule has 8 heteroatoms. The molecule has 2 aliphatic heterocycles. The van der Waals surface area contributed by atoms with Gasteiger partial charge in [-0.1, -0.05) is 0 Å². The molecule has 0 aromatic heterocycles. The molecular weight excluding hydrogens is 415 g/mol. The summed E-state index contributed by atoms with van der Waals surface area (Å²) in [4.78, 5) is 39.6. The van der Waals surface area contributed by atoms with Gasteiger partial charge >= 0.3 is 0 Å². The van der Waals surface area contributed by atoms with Crippen LogP contribution in [0, 0.1) is 5.82 Å². The highest BCUT2D eigenvalue weighted by Gasteiger charge is 2.26. The van der Waals surface area contributed by atoms with Crippen LogP contribution in [0.3, 0.4) is 0 Å². The van der Waals surface area contributed by atoms with Gasteiger partial charge in [0.25, 0.3) is 5.91 Å². The van der Waals surface area contributed by atoms with Gasteiger partial charge in [0.05, 0.1) is 18.7 Å². The van der Waals surface area contributed by atoms with E-state index in [9.17, 15) is 18.8 Å². The molecule has 1 unspecified atom stereocenters. The molecule has 2 aliphatic rings. The quantitative estimate of drug-likeness (QED) is 0.646. The number of carbonyl (C=O) groups excluding carboxylic acids is 3. The molecule has 0 aliphatic carbocycles. The number of nitrogens with zero attached hydrogens (tertiary/aromatic N) is 2. The zero-order valence-electron chi connectivity index (χ0n) is 17.9. The number of amides is 2. The molecule has 0 bridgehead atoms. The Morgan fingerprint density at radius 1 is 1.16 bits per heavy atom. The van der Waals surface area contributed by atoms with Crippen molar-refractivity contribution in [2.75, 3.05) is 37.7 Å². The summed E-state index contributed by atoms with van der Waals surface area (Å²) in [7, 11) is 0. The van der Waals surface area contributed by atoms with E-state index in [4.69, 9.17) is 9.47 Å². The van der Waals surface area contributed by atoms with Crippen LogP contribution in [0.25, 0.3) is 0 Å². The van der Waals surface area contributed by atoms with Crippen LogP contribution in [0.15, 0.2) is 42.5 Å². The summed E-state index contributed by atoms with van der Waals surface area (Å²) < 4.78 is 25.3. The number of morpholine rings is 1. The normalized spacial score (nSPS) is 18.7. The van der Waals surface area contributed by atoms with Gasteiger partial charge in [-0.3, -0.25) is 14.4 Å². The van der Waals surface area contributed by atoms with E-state index < -0.39 is 5.82 Å². The Balaban J connectivity index is 1.34. The predicted molar refractivity (Wildman–Crippen MR) is 116 cm³/mol. The highest BCUT2D eigenvalue weighted by atomic mass is 19.1. The minimum absolute atomic E-state index is 0.0168. The van der Waals surface area contributed by atoms with Gasteiger partial charge in [-0.05, 0) is 49.7 Å². The summed E-state index contributed by atoms with van der Waals surface area (Å²) in [6, 6.07) is 11.2. The summed E-state index contributed by atoms with van der Waals surface area (Å²) in [6.45, 7) is 3.35. The van der Waals surface area contributed by atoms with Crippen LogP contribution >= 0.6 is 0 Å². The fourth-order valence-electron chi connectivity index (χ4n) is 3.95. The van der Waals surface area contributed by atoms with Gasteiger partial charge in [0.15, 0.2) is 5.78 Å². The van der Waals surface area contributed by atoms with E-state index in [-0.39, 0.29) is 35.9 Å². The standard InChI is InChI=1S/C24H25FN2O5/c1-16(28)21-9-8-19(13-22(21)25)32-15-20-14-26(11-12-31-20)24(30)17-4-6-18(7-5-17)27-10-2-3-23(27)29/h4-9,13,20H,2-3,10-12,14-15H2,1H3. The van der Waals surface area contributed by atoms with E-state index in [0.717, 1.165) is 12.1 Å². The summed E-state index contributed by atoms with van der Waals surface area (Å²) in [5.41, 5.74) is 1.37. The molecule has 4 rings (SSSR count). The van der Waals surface area contributed by atoms with Gasteiger partial charge in [-0.15, -0.1) is 0 Å². The van der Waals surface area contributed by atoms with E-state index in [1.165, 1.54) is 25.1 Å². The Morgan fingerprint density at radius 2 is 1.94 bits per heavy atom. The van der Waals surface area contributed by atoms with E-state index >= 15 is 0 Å². The SMILES string of the molecule is CC(=O)c1ccc(OCC2CN(C(=O)c3ccc(N4CCCC4=O)cc3)CCO2)cc1F. The lowest BCUT2D eigenvalue weighted by Gasteiger charge is -2.33. The summed E-state index contributed by atoms with van der Waals surface area (Å²) >= 11 is 0. The average Bonchev–Trinajstić information content (AvgIpc) is 3.23. The van der Waals surface area contributed by atoms with E-state index in [1.54, 1.807) is 34.1 Å². The Morgan fingerprint density at radius 3 is 2.59 bits per heavy atom. The molecule has 2 aromatic carbocycles. The lowest BCUT2D eigenvalue weighted by molar-refractivity contribution is -0.117. The van der Waals surface area contributed by atoms with Gasteiger partial charge in [-0.2, -0.15) is 0 Å². The molecule has 2 saturated heterocycles. The second-order valence-corrected chi connectivity index (χ2v) is 7.95. The fourth-order valence-corrected chi connectivity index (χ4v) is 3.95. The number of hydrogen-bond acceptors (Lipinski definition) is 5. The largest absolute Gasteiger partial charge is 0.491 e. The summed E-state index contributed by atoms with van der Waals surface area (Å²) in [6.07, 6.45) is 1.06. The van der Waals surface area contributed by atoms with Gasteiger partial charge < -0.3 is 19.3 Å². The number of carbonyl (C=O) groups is 3. The van der Waals surface area contributed by atoms with Crippen molar-refractivity contribution in [1.82, 2.24) is 4.90 Å². The van der Waals surface area contributed by atoms with Crippen molar-refractivity contribution in [3.63, 3.8) is 0 Å². The van der Waals surface area contributed by atoms with Crippen molar-refractivity contribution in [2.24, 2.45) is 0 Å². The number of ether oxygens (including phenoxy) is 2. The Labute approximate surface area is 185 Å². The van der Waals surface area contributed by atoms with E-state index in [2.05, 4.69) is 0 Å². The van der Waals surface area contributed by atoms with Crippen molar-refractivity contribution in [2.45, 2.75) is 25.9 Å². The minimum atomic E-state index is -0.629. The number of hydrogen-bond donors (Lipinski definition) is 0. The second-order valence-electron chi connectivity index (χ2n) is 7.95. The molecule has 0 spiro atoms. The summed E-state index contributed by atoms with van der Waals surface area (Å²) in [5, 5.41) is 0. The zero-order chi connectivity index (χ0) is 22.7. The van der Waals surface area contributed by atoms with Gasteiger partial charge in [0.2, 0.25) is 5.91 Å². The maximum Gasteiger partial charge on any atom is 0.254 e. The Bertz CT molecular complexity index is 1020. The number of halogens is 1. The van der Waals surface area contributed by atoms with Crippen LogP contribution in [-0.2, 0) is 9.53 Å². The van der Waals surface area contributed by atoms with Gasteiger partial charge in [-0.25, -0.2) is 4.39 Å². The zero-order valence-corrected chi connectivity index (χ0v) is 17.9.